The van der Waals surface area contributed by atoms with Gasteiger partial charge in [-0.15, -0.1) is 6.42 Å². The minimum absolute atomic E-state index is 0.158. The van der Waals surface area contributed by atoms with Gasteiger partial charge < -0.3 is 9.47 Å². The maximum absolute atomic E-state index is 5.75. The van der Waals surface area contributed by atoms with Gasteiger partial charge in [0.25, 0.3) is 0 Å². The van der Waals surface area contributed by atoms with Crippen molar-refractivity contribution in [3.8, 4) is 18.1 Å². The summed E-state index contributed by atoms with van der Waals surface area (Å²) in [6.07, 6.45) is 15.4. The molecule has 0 unspecified atom stereocenters. The predicted octanol–water partition coefficient (Wildman–Crippen LogP) is 4.74. The van der Waals surface area contributed by atoms with E-state index in [-0.39, 0.29) is 6.10 Å². The monoisotopic (exact) mass is 286 g/mol. The Morgan fingerprint density at radius 2 is 1.95 bits per heavy atom. The zero-order valence-electron chi connectivity index (χ0n) is 13.2. The molecule has 0 heterocycles. The van der Waals surface area contributed by atoms with Crippen molar-refractivity contribution in [3.63, 3.8) is 0 Å². The molecule has 0 fully saturated rings. The predicted molar refractivity (Wildman–Crippen MR) is 88.3 cm³/mol. The van der Waals surface area contributed by atoms with E-state index in [1.54, 1.807) is 7.11 Å². The summed E-state index contributed by atoms with van der Waals surface area (Å²) in [6, 6.07) is 7.84. The quantitative estimate of drug-likeness (QED) is 0.351. The second-order valence-electron chi connectivity index (χ2n) is 5.02. The SMILES string of the molecule is C#C[C@H](C/C=C\CCCCC)OCc1ccc(OC)cc1. The highest BCUT2D eigenvalue weighted by Crippen LogP contribution is 2.13. The van der Waals surface area contributed by atoms with Crippen LogP contribution in [0.3, 0.4) is 0 Å². The first-order valence-corrected chi connectivity index (χ1v) is 7.65. The molecule has 0 amide bonds. The lowest BCUT2D eigenvalue weighted by Crippen LogP contribution is -2.09. The van der Waals surface area contributed by atoms with Gasteiger partial charge in [0, 0.05) is 6.42 Å². The number of ether oxygens (including phenoxy) is 2. The first-order chi connectivity index (χ1) is 10.3. The molecule has 1 aromatic rings. The maximum atomic E-state index is 5.75. The summed E-state index contributed by atoms with van der Waals surface area (Å²) in [5.41, 5.74) is 1.10. The number of hydrogen-bond acceptors (Lipinski definition) is 2. The molecular weight excluding hydrogens is 260 g/mol. The number of terminal acetylenes is 1. The molecule has 0 aliphatic carbocycles. The van der Waals surface area contributed by atoms with Gasteiger partial charge in [0.15, 0.2) is 0 Å². The Morgan fingerprint density at radius 1 is 1.19 bits per heavy atom. The van der Waals surface area contributed by atoms with Crippen LogP contribution in [0.4, 0.5) is 0 Å². The molecule has 21 heavy (non-hydrogen) atoms. The molecule has 0 saturated carbocycles. The van der Waals surface area contributed by atoms with E-state index in [0.29, 0.717) is 6.61 Å². The molecule has 2 heteroatoms. The van der Waals surface area contributed by atoms with E-state index in [1.165, 1.54) is 19.3 Å². The molecule has 0 N–H and O–H groups in total. The zero-order chi connectivity index (χ0) is 15.3. The summed E-state index contributed by atoms with van der Waals surface area (Å²) < 4.78 is 10.9. The standard InChI is InChI=1S/C19H26O2/c1-4-6-7-8-9-10-11-18(5-2)21-16-17-12-14-19(20-3)15-13-17/h2,9-10,12-15,18H,4,6-8,11,16H2,1,3H3/b10-9-/t18-/m1/s1. The van der Waals surface area contributed by atoms with Crippen LogP contribution in [0.5, 0.6) is 5.75 Å². The number of allylic oxidation sites excluding steroid dienone is 1. The van der Waals surface area contributed by atoms with Crippen LogP contribution in [0.25, 0.3) is 0 Å². The van der Waals surface area contributed by atoms with E-state index in [9.17, 15) is 0 Å². The molecule has 114 valence electrons. The first-order valence-electron chi connectivity index (χ1n) is 7.65. The molecule has 0 bridgehead atoms. The molecule has 1 aromatic carbocycles. The molecule has 1 atom stereocenters. The van der Waals surface area contributed by atoms with Gasteiger partial charge in [-0.05, 0) is 30.5 Å². The second-order valence-corrected chi connectivity index (χ2v) is 5.02. The molecule has 2 nitrogen and oxygen atoms in total. The van der Waals surface area contributed by atoms with Crippen molar-refractivity contribution in [2.75, 3.05) is 7.11 Å². The lowest BCUT2D eigenvalue weighted by molar-refractivity contribution is 0.0801. The Bertz CT molecular complexity index is 440. The van der Waals surface area contributed by atoms with Crippen molar-refractivity contribution < 1.29 is 9.47 Å². The second kappa shape index (κ2) is 11.0. The lowest BCUT2D eigenvalue weighted by atomic mass is 10.1. The highest BCUT2D eigenvalue weighted by Gasteiger charge is 2.03. The Hall–Kier alpha value is -1.72. The van der Waals surface area contributed by atoms with E-state index >= 15 is 0 Å². The van der Waals surface area contributed by atoms with Crippen LogP contribution in [0.2, 0.25) is 0 Å². The van der Waals surface area contributed by atoms with Gasteiger partial charge in [-0.2, -0.15) is 0 Å². The Kier molecular flexibility index (Phi) is 9.08. The summed E-state index contributed by atoms with van der Waals surface area (Å²) in [7, 11) is 1.66. The minimum atomic E-state index is -0.158. The van der Waals surface area contributed by atoms with Gasteiger partial charge in [0.2, 0.25) is 0 Å². The largest absolute Gasteiger partial charge is 0.497 e. The van der Waals surface area contributed by atoms with Crippen LogP contribution < -0.4 is 4.74 Å². The summed E-state index contributed by atoms with van der Waals surface area (Å²) in [4.78, 5) is 0. The number of benzene rings is 1. The summed E-state index contributed by atoms with van der Waals surface area (Å²) in [5, 5.41) is 0. The van der Waals surface area contributed by atoms with Gasteiger partial charge in [-0.1, -0.05) is 50.0 Å². The van der Waals surface area contributed by atoms with Crippen LogP contribution in [-0.4, -0.2) is 13.2 Å². The fourth-order valence-electron chi connectivity index (χ4n) is 1.95. The fourth-order valence-corrected chi connectivity index (χ4v) is 1.95. The van der Waals surface area contributed by atoms with E-state index in [0.717, 1.165) is 24.2 Å². The summed E-state index contributed by atoms with van der Waals surface area (Å²) in [5.74, 6) is 3.55. The normalized spacial score (nSPS) is 12.2. The Balaban J connectivity index is 2.28. The van der Waals surface area contributed by atoms with E-state index in [1.807, 2.05) is 24.3 Å². The number of rotatable bonds is 10. The Morgan fingerprint density at radius 3 is 2.57 bits per heavy atom. The maximum Gasteiger partial charge on any atom is 0.121 e. The number of hydrogen-bond donors (Lipinski definition) is 0. The van der Waals surface area contributed by atoms with Crippen LogP contribution in [0.1, 0.15) is 44.6 Å². The third kappa shape index (κ3) is 7.58. The van der Waals surface area contributed by atoms with Gasteiger partial charge in [-0.25, -0.2) is 0 Å². The average molecular weight is 286 g/mol. The molecule has 0 saturated heterocycles. The first kappa shape index (κ1) is 17.3. The molecule has 0 spiro atoms. The van der Waals surface area contributed by atoms with Crippen molar-refractivity contribution >= 4 is 0 Å². The lowest BCUT2D eigenvalue weighted by Gasteiger charge is -2.10. The fraction of sp³-hybridized carbons (Fsp3) is 0.474. The number of methoxy groups -OCH3 is 1. The van der Waals surface area contributed by atoms with Crippen LogP contribution in [0.15, 0.2) is 36.4 Å². The highest BCUT2D eigenvalue weighted by molar-refractivity contribution is 5.26. The molecule has 0 aliphatic heterocycles. The van der Waals surface area contributed by atoms with Gasteiger partial charge in [0.05, 0.1) is 13.7 Å². The van der Waals surface area contributed by atoms with Crippen molar-refractivity contribution in [3.05, 3.63) is 42.0 Å². The summed E-state index contributed by atoms with van der Waals surface area (Å²) in [6.45, 7) is 2.74. The minimum Gasteiger partial charge on any atom is -0.497 e. The van der Waals surface area contributed by atoms with Gasteiger partial charge in [0.1, 0.15) is 11.9 Å². The highest BCUT2D eigenvalue weighted by atomic mass is 16.5. The van der Waals surface area contributed by atoms with Crippen molar-refractivity contribution in [2.24, 2.45) is 0 Å². The van der Waals surface area contributed by atoms with E-state index in [4.69, 9.17) is 15.9 Å². The van der Waals surface area contributed by atoms with Crippen LogP contribution >= 0.6 is 0 Å². The molecule has 1 rings (SSSR count). The zero-order valence-corrected chi connectivity index (χ0v) is 13.2. The van der Waals surface area contributed by atoms with E-state index < -0.39 is 0 Å². The number of unbranched alkanes of at least 4 members (excludes halogenated alkanes) is 3. The smallest absolute Gasteiger partial charge is 0.121 e. The molecular formula is C19H26O2. The average Bonchev–Trinajstić information content (AvgIpc) is 2.54. The Labute approximate surface area is 129 Å². The van der Waals surface area contributed by atoms with Gasteiger partial charge >= 0.3 is 0 Å². The summed E-state index contributed by atoms with van der Waals surface area (Å²) >= 11 is 0. The van der Waals surface area contributed by atoms with Crippen molar-refractivity contribution in [2.45, 2.75) is 51.7 Å². The molecule has 0 aliphatic rings. The van der Waals surface area contributed by atoms with Crippen molar-refractivity contribution in [1.82, 2.24) is 0 Å². The third-order valence-corrected chi connectivity index (χ3v) is 3.29. The molecule has 0 aromatic heterocycles. The van der Waals surface area contributed by atoms with Gasteiger partial charge in [-0.3, -0.25) is 0 Å². The van der Waals surface area contributed by atoms with Crippen LogP contribution in [0, 0.1) is 12.3 Å². The third-order valence-electron chi connectivity index (χ3n) is 3.29. The van der Waals surface area contributed by atoms with Crippen molar-refractivity contribution in [1.29, 1.82) is 0 Å². The van der Waals surface area contributed by atoms with E-state index in [2.05, 4.69) is 25.0 Å². The van der Waals surface area contributed by atoms with Crippen LogP contribution in [-0.2, 0) is 11.3 Å². The molecule has 0 radical (unpaired) electrons. The topological polar surface area (TPSA) is 18.5 Å².